The van der Waals surface area contributed by atoms with Crippen LogP contribution in [-0.2, 0) is 10.0 Å². The fourth-order valence-electron chi connectivity index (χ4n) is 1.47. The summed E-state index contributed by atoms with van der Waals surface area (Å²) < 4.78 is 26.6. The van der Waals surface area contributed by atoms with Gasteiger partial charge in [-0.25, -0.2) is 13.4 Å². The van der Waals surface area contributed by atoms with Crippen molar-refractivity contribution in [3.05, 3.63) is 39.4 Å². The first-order valence-electron chi connectivity index (χ1n) is 5.29. The molecule has 3 N–H and O–H groups in total. The van der Waals surface area contributed by atoms with E-state index in [0.29, 0.717) is 0 Å². The maximum absolute atomic E-state index is 12.2. The molecule has 0 fully saturated rings. The third-order valence-corrected chi connectivity index (χ3v) is 4.64. The van der Waals surface area contributed by atoms with Crippen LogP contribution in [-0.4, -0.2) is 18.3 Å². The summed E-state index contributed by atoms with van der Waals surface area (Å²) in [4.78, 5) is 14.3. The van der Waals surface area contributed by atoms with E-state index in [1.54, 1.807) is 6.92 Å². The molecule has 0 bridgehead atoms. The number of hydrogen-bond donors (Lipinski definition) is 2. The van der Waals surface area contributed by atoms with E-state index in [4.69, 9.17) is 5.73 Å². The summed E-state index contributed by atoms with van der Waals surface area (Å²) in [6, 6.07) is 3.36. The lowest BCUT2D eigenvalue weighted by molar-refractivity contribution is -0.387. The quantitative estimate of drug-likeness (QED) is 0.502. The molecule has 0 aliphatic heterocycles. The van der Waals surface area contributed by atoms with E-state index in [9.17, 15) is 18.5 Å². The Balaban J connectivity index is 2.48. The highest BCUT2D eigenvalue weighted by Crippen LogP contribution is 2.28. The smallest absolute Gasteiger partial charge is 0.290 e. The van der Waals surface area contributed by atoms with Crippen LogP contribution in [0.25, 0.3) is 0 Å². The molecule has 0 atom stereocenters. The minimum atomic E-state index is -4.12. The molecular weight excluding hydrogens is 304 g/mol. The molecule has 0 aliphatic carbocycles. The molecule has 1 aromatic heterocycles. The first-order valence-corrected chi connectivity index (χ1v) is 7.59. The van der Waals surface area contributed by atoms with Crippen LogP contribution in [0.1, 0.15) is 4.88 Å². The first kappa shape index (κ1) is 14.2. The monoisotopic (exact) mass is 314 g/mol. The summed E-state index contributed by atoms with van der Waals surface area (Å²) in [6.07, 6.45) is 1.50. The van der Waals surface area contributed by atoms with Gasteiger partial charge < -0.3 is 5.73 Å². The second-order valence-corrected chi connectivity index (χ2v) is 6.75. The zero-order chi connectivity index (χ0) is 14.9. The van der Waals surface area contributed by atoms with Crippen molar-refractivity contribution in [2.75, 3.05) is 10.5 Å². The molecule has 0 spiro atoms. The molecule has 0 saturated carbocycles. The van der Waals surface area contributed by atoms with Gasteiger partial charge in [0.05, 0.1) is 4.92 Å². The van der Waals surface area contributed by atoms with E-state index in [1.165, 1.54) is 12.3 Å². The third kappa shape index (κ3) is 2.86. The van der Waals surface area contributed by atoms with Crippen LogP contribution in [0, 0.1) is 17.0 Å². The number of benzene rings is 1. The van der Waals surface area contributed by atoms with Gasteiger partial charge in [0, 0.05) is 22.8 Å². The molecule has 0 aliphatic rings. The average Bonchev–Trinajstić information content (AvgIpc) is 2.73. The number of nitrogens with two attached hydrogens (primary N) is 1. The molecule has 1 aromatic carbocycles. The van der Waals surface area contributed by atoms with Crippen LogP contribution in [0.4, 0.5) is 16.5 Å². The molecule has 0 unspecified atom stereocenters. The normalized spacial score (nSPS) is 11.2. The molecule has 0 saturated heterocycles. The highest BCUT2D eigenvalue weighted by molar-refractivity contribution is 7.93. The topological polar surface area (TPSA) is 128 Å². The molecule has 20 heavy (non-hydrogen) atoms. The van der Waals surface area contributed by atoms with Gasteiger partial charge in [0.1, 0.15) is 0 Å². The van der Waals surface area contributed by atoms with Crippen molar-refractivity contribution in [3.63, 3.8) is 0 Å². The number of aromatic nitrogens is 1. The van der Waals surface area contributed by atoms with Gasteiger partial charge in [0.15, 0.2) is 10.0 Å². The van der Waals surface area contributed by atoms with Gasteiger partial charge in [0.25, 0.3) is 15.7 Å². The number of nitrogens with one attached hydrogen (secondary N) is 1. The number of aryl methyl sites for hydroxylation is 1. The number of nitrogens with zero attached hydrogens (tertiary/aromatic N) is 2. The molecule has 2 aromatic rings. The summed E-state index contributed by atoms with van der Waals surface area (Å²) in [5.41, 5.74) is 5.07. The second-order valence-electron chi connectivity index (χ2n) is 3.87. The zero-order valence-electron chi connectivity index (χ0n) is 10.2. The second kappa shape index (κ2) is 5.06. The van der Waals surface area contributed by atoms with Gasteiger partial charge in [-0.15, -0.1) is 11.3 Å². The Morgan fingerprint density at radius 2 is 2.15 bits per heavy atom. The molecule has 0 amide bonds. The predicted octanol–water partition coefficient (Wildman–Crippen LogP) is 1.74. The van der Waals surface area contributed by atoms with E-state index in [1.807, 2.05) is 0 Å². The van der Waals surface area contributed by atoms with E-state index in [0.717, 1.165) is 28.3 Å². The Morgan fingerprint density at radius 3 is 2.70 bits per heavy atom. The fourth-order valence-corrected chi connectivity index (χ4v) is 3.58. The van der Waals surface area contributed by atoms with Crippen molar-refractivity contribution in [1.82, 2.24) is 4.98 Å². The van der Waals surface area contributed by atoms with Gasteiger partial charge in [-0.05, 0) is 19.1 Å². The van der Waals surface area contributed by atoms with Crippen molar-refractivity contribution in [2.24, 2.45) is 0 Å². The number of anilines is 2. The van der Waals surface area contributed by atoms with Gasteiger partial charge in [-0.2, -0.15) is 0 Å². The SMILES string of the molecule is Cc1cnc(NS(=O)(=O)c2cc(N)ccc2[N+](=O)[O-])s1. The standard InChI is InChI=1S/C10H10N4O4S2/c1-6-5-12-10(19-6)13-20(17,18)9-4-7(11)2-3-8(9)14(15)16/h2-5H,11H2,1H3,(H,12,13). The number of nitro groups is 1. The Labute approximate surface area is 118 Å². The molecule has 0 radical (unpaired) electrons. The Hall–Kier alpha value is -2.20. The van der Waals surface area contributed by atoms with Crippen molar-refractivity contribution >= 4 is 37.9 Å². The summed E-state index contributed by atoms with van der Waals surface area (Å²) in [5, 5.41) is 11.0. The number of nitrogen functional groups attached to an aromatic ring is 1. The van der Waals surface area contributed by atoms with Gasteiger partial charge >= 0.3 is 0 Å². The minimum absolute atomic E-state index is 0.117. The summed E-state index contributed by atoms with van der Waals surface area (Å²) in [7, 11) is -4.12. The van der Waals surface area contributed by atoms with Crippen LogP contribution < -0.4 is 10.5 Å². The lowest BCUT2D eigenvalue weighted by Gasteiger charge is -2.06. The Bertz CT molecular complexity index is 769. The van der Waals surface area contributed by atoms with Crippen LogP contribution in [0.15, 0.2) is 29.3 Å². The molecular formula is C10H10N4O4S2. The zero-order valence-corrected chi connectivity index (χ0v) is 11.9. The number of sulfonamides is 1. The maximum atomic E-state index is 12.2. The fraction of sp³-hybridized carbons (Fsp3) is 0.100. The molecule has 106 valence electrons. The molecule has 1 heterocycles. The van der Waals surface area contributed by atoms with E-state index in [-0.39, 0.29) is 10.8 Å². The number of rotatable bonds is 4. The van der Waals surface area contributed by atoms with E-state index in [2.05, 4.69) is 9.71 Å². The Kier molecular flexibility index (Phi) is 3.59. The maximum Gasteiger partial charge on any atom is 0.290 e. The highest BCUT2D eigenvalue weighted by Gasteiger charge is 2.26. The average molecular weight is 314 g/mol. The molecule has 10 heteroatoms. The first-order chi connectivity index (χ1) is 9.29. The number of hydrogen-bond acceptors (Lipinski definition) is 7. The molecule has 2 rings (SSSR count). The van der Waals surface area contributed by atoms with Crippen molar-refractivity contribution < 1.29 is 13.3 Å². The summed E-state index contributed by atoms with van der Waals surface area (Å²) >= 11 is 1.13. The minimum Gasteiger partial charge on any atom is -0.399 e. The van der Waals surface area contributed by atoms with Crippen LogP contribution in [0.2, 0.25) is 0 Å². The van der Waals surface area contributed by atoms with Crippen LogP contribution >= 0.6 is 11.3 Å². The van der Waals surface area contributed by atoms with Crippen molar-refractivity contribution in [2.45, 2.75) is 11.8 Å². The highest BCUT2D eigenvalue weighted by atomic mass is 32.2. The van der Waals surface area contributed by atoms with E-state index >= 15 is 0 Å². The number of thiazole rings is 1. The van der Waals surface area contributed by atoms with E-state index < -0.39 is 25.5 Å². The number of nitro benzene ring substituents is 1. The van der Waals surface area contributed by atoms with Crippen molar-refractivity contribution in [1.29, 1.82) is 0 Å². The van der Waals surface area contributed by atoms with Gasteiger partial charge in [-0.1, -0.05) is 0 Å². The lowest BCUT2D eigenvalue weighted by atomic mass is 10.3. The Morgan fingerprint density at radius 1 is 1.45 bits per heavy atom. The van der Waals surface area contributed by atoms with Gasteiger partial charge in [-0.3, -0.25) is 14.8 Å². The largest absolute Gasteiger partial charge is 0.399 e. The molecule has 8 nitrogen and oxygen atoms in total. The lowest BCUT2D eigenvalue weighted by Crippen LogP contribution is -2.15. The third-order valence-electron chi connectivity index (χ3n) is 2.31. The predicted molar refractivity (Wildman–Crippen MR) is 75.2 cm³/mol. The summed E-state index contributed by atoms with van der Waals surface area (Å²) in [6.45, 7) is 1.76. The van der Waals surface area contributed by atoms with Crippen LogP contribution in [0.5, 0.6) is 0 Å². The van der Waals surface area contributed by atoms with Crippen LogP contribution in [0.3, 0.4) is 0 Å². The van der Waals surface area contributed by atoms with Gasteiger partial charge in [0.2, 0.25) is 0 Å². The summed E-state index contributed by atoms with van der Waals surface area (Å²) in [5.74, 6) is 0. The van der Waals surface area contributed by atoms with Crippen molar-refractivity contribution in [3.8, 4) is 0 Å².